The van der Waals surface area contributed by atoms with Crippen molar-refractivity contribution in [1.82, 2.24) is 10.2 Å². The van der Waals surface area contributed by atoms with E-state index in [-0.39, 0.29) is 0 Å². The molecule has 0 aromatic carbocycles. The Bertz CT molecular complexity index is 81.8. The average molecular weight is 172 g/mol. The average Bonchev–Trinajstić information content (AvgIpc) is 2.02. The van der Waals surface area contributed by atoms with Crippen LogP contribution in [0.4, 0.5) is 0 Å². The van der Waals surface area contributed by atoms with Crippen LogP contribution in [0.5, 0.6) is 0 Å². The van der Waals surface area contributed by atoms with Gasteiger partial charge in [-0.25, -0.2) is 0 Å². The van der Waals surface area contributed by atoms with Gasteiger partial charge in [0.05, 0.1) is 0 Å². The molecule has 0 aliphatic carbocycles. The first-order chi connectivity index (χ1) is 5.70. The van der Waals surface area contributed by atoms with E-state index < -0.39 is 0 Å². The maximum Gasteiger partial charge on any atom is 0.00507 e. The number of nitrogens with zero attached hydrogens (tertiary/aromatic N) is 1. The van der Waals surface area contributed by atoms with Gasteiger partial charge in [0.2, 0.25) is 0 Å². The Morgan fingerprint density at radius 2 is 1.92 bits per heavy atom. The van der Waals surface area contributed by atoms with Crippen molar-refractivity contribution in [2.45, 2.75) is 39.7 Å². The summed E-state index contributed by atoms with van der Waals surface area (Å²) in [5.41, 5.74) is 0. The van der Waals surface area contributed by atoms with Crippen molar-refractivity contribution in [3.8, 4) is 0 Å². The van der Waals surface area contributed by atoms with E-state index in [0.717, 1.165) is 6.54 Å². The molecule has 0 saturated heterocycles. The summed E-state index contributed by atoms with van der Waals surface area (Å²) in [5.74, 6) is 0. The van der Waals surface area contributed by atoms with Gasteiger partial charge in [-0.1, -0.05) is 13.8 Å². The molecular formula is C10H24N2. The fourth-order valence-electron chi connectivity index (χ4n) is 1.36. The van der Waals surface area contributed by atoms with Gasteiger partial charge in [0.15, 0.2) is 0 Å². The number of rotatable bonds is 7. The van der Waals surface area contributed by atoms with Gasteiger partial charge in [-0.05, 0) is 46.4 Å². The molecule has 0 fully saturated rings. The summed E-state index contributed by atoms with van der Waals surface area (Å²) in [6.45, 7) is 10.2. The van der Waals surface area contributed by atoms with Gasteiger partial charge in [-0.3, -0.25) is 0 Å². The third-order valence-electron chi connectivity index (χ3n) is 2.10. The Labute approximate surface area is 77.3 Å². The van der Waals surface area contributed by atoms with Gasteiger partial charge in [0, 0.05) is 6.04 Å². The zero-order valence-electron chi connectivity index (χ0n) is 9.06. The zero-order valence-corrected chi connectivity index (χ0v) is 9.06. The summed E-state index contributed by atoms with van der Waals surface area (Å²) >= 11 is 0. The normalized spacial score (nSPS) is 13.8. The quantitative estimate of drug-likeness (QED) is 0.629. The summed E-state index contributed by atoms with van der Waals surface area (Å²) in [4.78, 5) is 2.40. The van der Waals surface area contributed by atoms with Crippen molar-refractivity contribution in [3.05, 3.63) is 0 Å². The molecule has 0 aliphatic heterocycles. The Morgan fingerprint density at radius 1 is 1.25 bits per heavy atom. The van der Waals surface area contributed by atoms with E-state index >= 15 is 0 Å². The fourth-order valence-corrected chi connectivity index (χ4v) is 1.36. The van der Waals surface area contributed by atoms with Gasteiger partial charge in [0.1, 0.15) is 0 Å². The first-order valence-corrected chi connectivity index (χ1v) is 5.12. The van der Waals surface area contributed by atoms with E-state index in [1.807, 2.05) is 0 Å². The number of nitrogens with one attached hydrogen (secondary N) is 1. The third kappa shape index (κ3) is 6.62. The highest BCUT2D eigenvalue weighted by Crippen LogP contribution is 1.94. The van der Waals surface area contributed by atoms with E-state index in [1.54, 1.807) is 0 Å². The SMILES string of the molecule is CCCN(C)CCC(C)NCC. The monoisotopic (exact) mass is 172 g/mol. The number of hydrogen-bond donors (Lipinski definition) is 1. The predicted octanol–water partition coefficient (Wildman–Crippen LogP) is 1.72. The molecule has 1 unspecified atom stereocenters. The van der Waals surface area contributed by atoms with Crippen LogP contribution in [0.1, 0.15) is 33.6 Å². The highest BCUT2D eigenvalue weighted by molar-refractivity contribution is 4.61. The van der Waals surface area contributed by atoms with Gasteiger partial charge in [-0.15, -0.1) is 0 Å². The molecule has 12 heavy (non-hydrogen) atoms. The lowest BCUT2D eigenvalue weighted by Crippen LogP contribution is -2.30. The second-order valence-corrected chi connectivity index (χ2v) is 3.55. The molecule has 0 bridgehead atoms. The highest BCUT2D eigenvalue weighted by Gasteiger charge is 2.01. The van der Waals surface area contributed by atoms with Crippen molar-refractivity contribution >= 4 is 0 Å². The van der Waals surface area contributed by atoms with E-state index in [4.69, 9.17) is 0 Å². The van der Waals surface area contributed by atoms with Gasteiger partial charge in [-0.2, -0.15) is 0 Å². The van der Waals surface area contributed by atoms with Crippen LogP contribution in [-0.4, -0.2) is 37.6 Å². The molecule has 0 radical (unpaired) electrons. The topological polar surface area (TPSA) is 15.3 Å². The van der Waals surface area contributed by atoms with Crippen LogP contribution in [0.2, 0.25) is 0 Å². The van der Waals surface area contributed by atoms with E-state index in [9.17, 15) is 0 Å². The van der Waals surface area contributed by atoms with Crippen molar-refractivity contribution in [2.24, 2.45) is 0 Å². The molecule has 1 atom stereocenters. The van der Waals surface area contributed by atoms with Gasteiger partial charge in [0.25, 0.3) is 0 Å². The fraction of sp³-hybridized carbons (Fsp3) is 1.00. The largest absolute Gasteiger partial charge is 0.314 e. The van der Waals surface area contributed by atoms with Crippen LogP contribution in [0.3, 0.4) is 0 Å². The van der Waals surface area contributed by atoms with Crippen LogP contribution in [-0.2, 0) is 0 Å². The summed E-state index contributed by atoms with van der Waals surface area (Å²) < 4.78 is 0. The van der Waals surface area contributed by atoms with Crippen LogP contribution < -0.4 is 5.32 Å². The van der Waals surface area contributed by atoms with Crippen molar-refractivity contribution in [1.29, 1.82) is 0 Å². The van der Waals surface area contributed by atoms with Crippen LogP contribution in [0.25, 0.3) is 0 Å². The molecule has 0 rings (SSSR count). The van der Waals surface area contributed by atoms with Crippen LogP contribution in [0, 0.1) is 0 Å². The maximum atomic E-state index is 3.42. The third-order valence-corrected chi connectivity index (χ3v) is 2.10. The molecule has 74 valence electrons. The summed E-state index contributed by atoms with van der Waals surface area (Å²) in [7, 11) is 2.20. The van der Waals surface area contributed by atoms with E-state index in [2.05, 4.69) is 38.0 Å². The Kier molecular flexibility index (Phi) is 7.51. The summed E-state index contributed by atoms with van der Waals surface area (Å²) in [5, 5.41) is 3.42. The molecule has 2 heteroatoms. The zero-order chi connectivity index (χ0) is 9.40. The van der Waals surface area contributed by atoms with E-state index in [1.165, 1.54) is 25.9 Å². The number of hydrogen-bond acceptors (Lipinski definition) is 2. The highest BCUT2D eigenvalue weighted by atomic mass is 15.1. The lowest BCUT2D eigenvalue weighted by molar-refractivity contribution is 0.312. The molecule has 0 aromatic heterocycles. The first kappa shape index (κ1) is 11.9. The smallest absolute Gasteiger partial charge is 0.00507 e. The maximum absolute atomic E-state index is 3.42. The van der Waals surface area contributed by atoms with Crippen molar-refractivity contribution in [3.63, 3.8) is 0 Å². The van der Waals surface area contributed by atoms with Crippen molar-refractivity contribution in [2.75, 3.05) is 26.7 Å². The molecule has 0 amide bonds. The molecule has 0 saturated carbocycles. The summed E-state index contributed by atoms with van der Waals surface area (Å²) in [6, 6.07) is 0.661. The van der Waals surface area contributed by atoms with Crippen molar-refractivity contribution < 1.29 is 0 Å². The Morgan fingerprint density at radius 3 is 2.42 bits per heavy atom. The minimum atomic E-state index is 0.661. The van der Waals surface area contributed by atoms with Gasteiger partial charge < -0.3 is 10.2 Å². The molecule has 0 aliphatic rings. The van der Waals surface area contributed by atoms with Gasteiger partial charge >= 0.3 is 0 Å². The molecule has 0 heterocycles. The predicted molar refractivity (Wildman–Crippen MR) is 55.5 cm³/mol. The molecule has 1 N–H and O–H groups in total. The lowest BCUT2D eigenvalue weighted by atomic mass is 10.2. The second kappa shape index (κ2) is 7.56. The Balaban J connectivity index is 3.27. The molecule has 0 aromatic rings. The van der Waals surface area contributed by atoms with Crippen LogP contribution in [0.15, 0.2) is 0 Å². The molecule has 2 nitrogen and oxygen atoms in total. The Hall–Kier alpha value is -0.0800. The minimum absolute atomic E-state index is 0.661. The summed E-state index contributed by atoms with van der Waals surface area (Å²) in [6.07, 6.45) is 2.51. The minimum Gasteiger partial charge on any atom is -0.314 e. The van der Waals surface area contributed by atoms with E-state index in [0.29, 0.717) is 6.04 Å². The molecular weight excluding hydrogens is 148 g/mol. The first-order valence-electron chi connectivity index (χ1n) is 5.12. The van der Waals surface area contributed by atoms with Crippen LogP contribution >= 0.6 is 0 Å². The molecule has 0 spiro atoms. The second-order valence-electron chi connectivity index (χ2n) is 3.55. The standard InChI is InChI=1S/C10H24N2/c1-5-8-12(4)9-7-10(3)11-6-2/h10-11H,5-9H2,1-4H3. The lowest BCUT2D eigenvalue weighted by Gasteiger charge is -2.18.